The number of fused-ring (bicyclic) bond motifs is 1. The third-order valence-corrected chi connectivity index (χ3v) is 4.13. The van der Waals surface area contributed by atoms with E-state index >= 15 is 0 Å². The molecule has 6 heteroatoms. The number of hydrogen-bond donors (Lipinski definition) is 1. The van der Waals surface area contributed by atoms with Crippen LogP contribution >= 0.6 is 15.9 Å². The minimum absolute atomic E-state index is 0.194. The second-order valence-electron chi connectivity index (χ2n) is 5.07. The van der Waals surface area contributed by atoms with Crippen molar-refractivity contribution in [3.63, 3.8) is 0 Å². The van der Waals surface area contributed by atoms with E-state index < -0.39 is 0 Å². The molecule has 0 fully saturated rings. The fourth-order valence-electron chi connectivity index (χ4n) is 2.58. The Morgan fingerprint density at radius 3 is 2.65 bits per heavy atom. The molecule has 2 aromatic rings. The van der Waals surface area contributed by atoms with Gasteiger partial charge in [0.05, 0.1) is 14.2 Å². The second-order valence-corrected chi connectivity index (χ2v) is 5.85. The van der Waals surface area contributed by atoms with Crippen molar-refractivity contribution in [3.05, 3.63) is 51.9 Å². The third kappa shape index (κ3) is 3.12. The number of methoxy groups -OCH3 is 2. The Morgan fingerprint density at radius 2 is 2.00 bits per heavy atom. The van der Waals surface area contributed by atoms with Crippen LogP contribution in [0.15, 0.2) is 39.4 Å². The Balaban J connectivity index is 2.00. The molecule has 0 amide bonds. The first-order valence-electron chi connectivity index (χ1n) is 7.13. The fourth-order valence-corrected chi connectivity index (χ4v) is 2.89. The maximum absolute atomic E-state index is 12.3. The zero-order valence-corrected chi connectivity index (χ0v) is 14.4. The zero-order chi connectivity index (χ0) is 16.4. The standard InChI is InChI=1S/C17H16BrNO4/c1-21-15-7-10-5-6-19-12(11(10)8-16(15)22-2)9-13(20)14-3-4-17(18)23-14/h3-4,7-9,19H,5-6H2,1-2H3/b12-9-. The lowest BCUT2D eigenvalue weighted by Crippen LogP contribution is -2.23. The van der Waals surface area contributed by atoms with Crippen LogP contribution < -0.4 is 14.8 Å². The molecule has 3 rings (SSSR count). The molecule has 1 aliphatic heterocycles. The predicted octanol–water partition coefficient (Wildman–Crippen LogP) is 3.43. The van der Waals surface area contributed by atoms with Gasteiger partial charge >= 0.3 is 0 Å². The molecule has 0 saturated heterocycles. The number of hydrogen-bond acceptors (Lipinski definition) is 5. The number of ether oxygens (including phenoxy) is 2. The molecule has 0 spiro atoms. The number of carbonyl (C=O) groups excluding carboxylic acids is 1. The van der Waals surface area contributed by atoms with E-state index in [0.29, 0.717) is 21.9 Å². The molecule has 1 aromatic carbocycles. The SMILES string of the molecule is COc1cc2c(cc1OC)/C(=C/C(=O)c1ccc(Br)o1)NCC2. The van der Waals surface area contributed by atoms with Gasteiger partial charge < -0.3 is 19.2 Å². The van der Waals surface area contributed by atoms with E-state index in [1.807, 2.05) is 12.1 Å². The van der Waals surface area contributed by atoms with Gasteiger partial charge in [0.2, 0.25) is 5.78 Å². The van der Waals surface area contributed by atoms with Crippen molar-refractivity contribution in [2.24, 2.45) is 0 Å². The van der Waals surface area contributed by atoms with Gasteiger partial charge in [-0.25, -0.2) is 0 Å². The summed E-state index contributed by atoms with van der Waals surface area (Å²) >= 11 is 3.20. The van der Waals surface area contributed by atoms with Crippen molar-refractivity contribution in [2.75, 3.05) is 20.8 Å². The Bertz CT molecular complexity index is 779. The van der Waals surface area contributed by atoms with E-state index in [4.69, 9.17) is 13.9 Å². The number of carbonyl (C=O) groups is 1. The highest BCUT2D eigenvalue weighted by Gasteiger charge is 2.19. The van der Waals surface area contributed by atoms with Gasteiger partial charge in [0.1, 0.15) is 0 Å². The first kappa shape index (κ1) is 15.7. The van der Waals surface area contributed by atoms with Crippen LogP contribution in [0.4, 0.5) is 0 Å². The van der Waals surface area contributed by atoms with Gasteiger partial charge in [-0.2, -0.15) is 0 Å². The summed E-state index contributed by atoms with van der Waals surface area (Å²) in [5.41, 5.74) is 2.80. The lowest BCUT2D eigenvalue weighted by Gasteiger charge is -2.22. The molecule has 1 aliphatic rings. The van der Waals surface area contributed by atoms with Crippen LogP contribution in [0.2, 0.25) is 0 Å². The zero-order valence-electron chi connectivity index (χ0n) is 12.8. The summed E-state index contributed by atoms with van der Waals surface area (Å²) in [6.07, 6.45) is 2.41. The third-order valence-electron chi connectivity index (χ3n) is 3.70. The Kier molecular flexibility index (Phi) is 4.43. The summed E-state index contributed by atoms with van der Waals surface area (Å²) in [5, 5.41) is 3.26. The van der Waals surface area contributed by atoms with Gasteiger partial charge in [-0.05, 0) is 52.2 Å². The average Bonchev–Trinajstić information content (AvgIpc) is 3.00. The molecule has 1 aromatic heterocycles. The molecule has 0 aliphatic carbocycles. The number of rotatable bonds is 4. The topological polar surface area (TPSA) is 60.7 Å². The number of allylic oxidation sites excluding steroid dienone is 1. The summed E-state index contributed by atoms with van der Waals surface area (Å²) in [6, 6.07) is 7.18. The van der Waals surface area contributed by atoms with Crippen LogP contribution in [-0.2, 0) is 6.42 Å². The van der Waals surface area contributed by atoms with Crippen LogP contribution in [0.3, 0.4) is 0 Å². The van der Waals surface area contributed by atoms with Crippen LogP contribution in [0.5, 0.6) is 11.5 Å². The summed E-state index contributed by atoms with van der Waals surface area (Å²) in [6.45, 7) is 0.753. The highest BCUT2D eigenvalue weighted by atomic mass is 79.9. The monoisotopic (exact) mass is 377 g/mol. The van der Waals surface area contributed by atoms with Gasteiger partial charge in [-0.1, -0.05) is 0 Å². The van der Waals surface area contributed by atoms with Crippen LogP contribution in [0, 0.1) is 0 Å². The Labute approximate surface area is 142 Å². The summed E-state index contributed by atoms with van der Waals surface area (Å²) in [4.78, 5) is 12.3. The molecule has 120 valence electrons. The summed E-state index contributed by atoms with van der Waals surface area (Å²) in [7, 11) is 3.20. The van der Waals surface area contributed by atoms with Gasteiger partial charge in [0.15, 0.2) is 21.9 Å². The van der Waals surface area contributed by atoms with Crippen molar-refractivity contribution in [2.45, 2.75) is 6.42 Å². The minimum Gasteiger partial charge on any atom is -0.493 e. The number of nitrogens with one attached hydrogen (secondary N) is 1. The normalized spacial score (nSPS) is 15.0. The molecule has 0 radical (unpaired) electrons. The molecule has 0 saturated carbocycles. The number of ketones is 1. The van der Waals surface area contributed by atoms with E-state index in [2.05, 4.69) is 21.2 Å². The molecule has 0 atom stereocenters. The summed E-state index contributed by atoms with van der Waals surface area (Å²) in [5.74, 6) is 1.42. The van der Waals surface area contributed by atoms with Crippen molar-refractivity contribution in [1.29, 1.82) is 0 Å². The average molecular weight is 378 g/mol. The van der Waals surface area contributed by atoms with Crippen molar-refractivity contribution in [3.8, 4) is 11.5 Å². The minimum atomic E-state index is -0.194. The molecule has 23 heavy (non-hydrogen) atoms. The molecule has 2 heterocycles. The van der Waals surface area contributed by atoms with Crippen molar-refractivity contribution in [1.82, 2.24) is 5.32 Å². The highest BCUT2D eigenvalue weighted by Crippen LogP contribution is 2.35. The van der Waals surface area contributed by atoms with Crippen molar-refractivity contribution < 1.29 is 18.7 Å². The maximum Gasteiger partial charge on any atom is 0.223 e. The first-order chi connectivity index (χ1) is 11.1. The van der Waals surface area contributed by atoms with Gasteiger partial charge in [0.25, 0.3) is 0 Å². The summed E-state index contributed by atoms with van der Waals surface area (Å²) < 4.78 is 16.5. The Morgan fingerprint density at radius 1 is 1.26 bits per heavy atom. The van der Waals surface area contributed by atoms with Crippen LogP contribution in [0.25, 0.3) is 5.70 Å². The van der Waals surface area contributed by atoms with E-state index in [-0.39, 0.29) is 5.78 Å². The first-order valence-corrected chi connectivity index (χ1v) is 7.92. The molecule has 0 bridgehead atoms. The molecular weight excluding hydrogens is 362 g/mol. The van der Waals surface area contributed by atoms with Crippen LogP contribution in [0.1, 0.15) is 21.7 Å². The number of furan rings is 1. The maximum atomic E-state index is 12.3. The highest BCUT2D eigenvalue weighted by molar-refractivity contribution is 9.10. The molecule has 0 unspecified atom stereocenters. The van der Waals surface area contributed by atoms with Gasteiger partial charge in [0, 0.05) is 23.9 Å². The largest absolute Gasteiger partial charge is 0.493 e. The smallest absolute Gasteiger partial charge is 0.223 e. The fraction of sp³-hybridized carbons (Fsp3) is 0.235. The quantitative estimate of drug-likeness (QED) is 0.653. The second kappa shape index (κ2) is 6.50. The Hall–Kier alpha value is -2.21. The molecule has 1 N–H and O–H groups in total. The lowest BCUT2D eigenvalue weighted by molar-refractivity contribution is 0.102. The van der Waals surface area contributed by atoms with Gasteiger partial charge in [-0.3, -0.25) is 4.79 Å². The van der Waals surface area contributed by atoms with E-state index in [1.54, 1.807) is 32.4 Å². The van der Waals surface area contributed by atoms with Crippen molar-refractivity contribution >= 4 is 27.4 Å². The van der Waals surface area contributed by atoms with E-state index in [9.17, 15) is 4.79 Å². The molecular formula is C17H16BrNO4. The number of benzene rings is 1. The van der Waals surface area contributed by atoms with Crippen LogP contribution in [-0.4, -0.2) is 26.5 Å². The molecule has 5 nitrogen and oxygen atoms in total. The number of halogens is 1. The van der Waals surface area contributed by atoms with E-state index in [1.165, 1.54) is 0 Å². The predicted molar refractivity (Wildman–Crippen MR) is 90.0 cm³/mol. The van der Waals surface area contributed by atoms with Gasteiger partial charge in [-0.15, -0.1) is 0 Å². The lowest BCUT2D eigenvalue weighted by atomic mass is 9.96. The van der Waals surface area contributed by atoms with E-state index in [0.717, 1.165) is 29.8 Å².